The second kappa shape index (κ2) is 9.06. The van der Waals surface area contributed by atoms with Gasteiger partial charge in [-0.2, -0.15) is 0 Å². The first-order valence-electron chi connectivity index (χ1n) is 8.70. The molecule has 0 bridgehead atoms. The number of rotatable bonds is 7. The molecule has 5 heteroatoms. The molecule has 1 saturated carbocycles. The number of amides is 2. The summed E-state index contributed by atoms with van der Waals surface area (Å²) >= 11 is 1.39. The number of carbonyl (C=O) groups is 2. The predicted octanol–water partition coefficient (Wildman–Crippen LogP) is 3.59. The number of nitrogens with one attached hydrogen (secondary N) is 2. The van der Waals surface area contributed by atoms with Crippen molar-refractivity contribution in [3.63, 3.8) is 0 Å². The standard InChI is InChI=1S/C18H28N2O2S/c1-13(2)16(20-17(21)15-9-6-12-23-15)18(22)19-11-10-14-7-4-3-5-8-14/h6,9,12-14,16H,3-5,7-8,10-11H2,1-2H3,(H,19,22)(H,20,21). The van der Waals surface area contributed by atoms with Crippen molar-refractivity contribution in [2.45, 2.75) is 58.4 Å². The molecule has 1 atom stereocenters. The Kier molecular flexibility index (Phi) is 7.09. The van der Waals surface area contributed by atoms with Crippen LogP contribution in [-0.4, -0.2) is 24.4 Å². The molecule has 1 heterocycles. The van der Waals surface area contributed by atoms with Crippen molar-refractivity contribution in [2.75, 3.05) is 6.54 Å². The van der Waals surface area contributed by atoms with Crippen LogP contribution in [0.3, 0.4) is 0 Å². The zero-order valence-electron chi connectivity index (χ0n) is 14.1. The topological polar surface area (TPSA) is 58.2 Å². The highest BCUT2D eigenvalue weighted by molar-refractivity contribution is 7.12. The summed E-state index contributed by atoms with van der Waals surface area (Å²) in [6, 6.07) is 3.14. The Balaban J connectivity index is 1.79. The van der Waals surface area contributed by atoms with Gasteiger partial charge < -0.3 is 10.6 Å². The van der Waals surface area contributed by atoms with Crippen LogP contribution in [-0.2, 0) is 4.79 Å². The first-order chi connectivity index (χ1) is 11.1. The van der Waals surface area contributed by atoms with E-state index in [0.29, 0.717) is 11.4 Å². The molecule has 0 aromatic carbocycles. The number of carbonyl (C=O) groups excluding carboxylic acids is 2. The molecule has 23 heavy (non-hydrogen) atoms. The summed E-state index contributed by atoms with van der Waals surface area (Å²) in [7, 11) is 0. The average Bonchev–Trinajstić information content (AvgIpc) is 3.07. The Morgan fingerprint density at radius 3 is 2.61 bits per heavy atom. The Morgan fingerprint density at radius 1 is 1.26 bits per heavy atom. The number of hydrogen-bond donors (Lipinski definition) is 2. The van der Waals surface area contributed by atoms with Gasteiger partial charge >= 0.3 is 0 Å². The molecule has 0 aliphatic heterocycles. The highest BCUT2D eigenvalue weighted by atomic mass is 32.1. The number of thiophene rings is 1. The van der Waals surface area contributed by atoms with Gasteiger partial charge in [0, 0.05) is 6.54 Å². The van der Waals surface area contributed by atoms with E-state index in [0.717, 1.165) is 12.3 Å². The van der Waals surface area contributed by atoms with Gasteiger partial charge in [-0.05, 0) is 29.7 Å². The Bertz CT molecular complexity index is 493. The molecule has 1 fully saturated rings. The minimum atomic E-state index is -0.476. The molecule has 128 valence electrons. The van der Waals surface area contributed by atoms with Crippen molar-refractivity contribution in [3.8, 4) is 0 Å². The maximum Gasteiger partial charge on any atom is 0.262 e. The zero-order chi connectivity index (χ0) is 16.7. The summed E-state index contributed by atoms with van der Waals surface area (Å²) < 4.78 is 0. The third kappa shape index (κ3) is 5.65. The Labute approximate surface area is 143 Å². The number of hydrogen-bond acceptors (Lipinski definition) is 3. The second-order valence-corrected chi connectivity index (χ2v) is 7.70. The van der Waals surface area contributed by atoms with Crippen LogP contribution in [0.15, 0.2) is 17.5 Å². The van der Waals surface area contributed by atoms with E-state index >= 15 is 0 Å². The molecule has 2 N–H and O–H groups in total. The Hall–Kier alpha value is -1.36. The molecule has 0 radical (unpaired) electrons. The molecular weight excluding hydrogens is 308 g/mol. The van der Waals surface area contributed by atoms with Crippen LogP contribution in [0.1, 0.15) is 62.0 Å². The van der Waals surface area contributed by atoms with Crippen molar-refractivity contribution < 1.29 is 9.59 Å². The largest absolute Gasteiger partial charge is 0.354 e. The molecular formula is C18H28N2O2S. The summed E-state index contributed by atoms with van der Waals surface area (Å²) in [6.45, 7) is 4.63. The predicted molar refractivity (Wildman–Crippen MR) is 94.6 cm³/mol. The van der Waals surface area contributed by atoms with Crippen molar-refractivity contribution in [3.05, 3.63) is 22.4 Å². The van der Waals surface area contributed by atoms with Crippen LogP contribution in [0.25, 0.3) is 0 Å². The first-order valence-corrected chi connectivity index (χ1v) is 9.58. The van der Waals surface area contributed by atoms with Crippen LogP contribution in [0.2, 0.25) is 0 Å². The van der Waals surface area contributed by atoms with E-state index < -0.39 is 6.04 Å². The second-order valence-electron chi connectivity index (χ2n) is 6.76. The molecule has 1 aliphatic carbocycles. The van der Waals surface area contributed by atoms with Gasteiger partial charge in [-0.25, -0.2) is 0 Å². The lowest BCUT2D eigenvalue weighted by molar-refractivity contribution is -0.124. The van der Waals surface area contributed by atoms with Crippen LogP contribution < -0.4 is 10.6 Å². The van der Waals surface area contributed by atoms with E-state index in [1.807, 2.05) is 25.3 Å². The molecule has 1 aliphatic rings. The summed E-state index contributed by atoms with van der Waals surface area (Å²) in [5.41, 5.74) is 0. The third-order valence-corrected chi connectivity index (χ3v) is 5.43. The van der Waals surface area contributed by atoms with E-state index in [1.54, 1.807) is 6.07 Å². The van der Waals surface area contributed by atoms with E-state index in [2.05, 4.69) is 10.6 Å². The fraction of sp³-hybridized carbons (Fsp3) is 0.667. The van der Waals surface area contributed by atoms with Crippen LogP contribution in [0, 0.1) is 11.8 Å². The lowest BCUT2D eigenvalue weighted by Gasteiger charge is -2.24. The van der Waals surface area contributed by atoms with Crippen molar-refractivity contribution >= 4 is 23.2 Å². The fourth-order valence-corrected chi connectivity index (χ4v) is 3.77. The summed E-state index contributed by atoms with van der Waals surface area (Å²) in [6.07, 6.45) is 7.63. The molecule has 2 amide bonds. The van der Waals surface area contributed by atoms with Gasteiger partial charge in [-0.1, -0.05) is 52.0 Å². The van der Waals surface area contributed by atoms with E-state index in [4.69, 9.17) is 0 Å². The SMILES string of the molecule is CC(C)C(NC(=O)c1cccs1)C(=O)NCCC1CCCCC1. The first kappa shape index (κ1) is 18.0. The molecule has 0 saturated heterocycles. The summed E-state index contributed by atoms with van der Waals surface area (Å²) in [4.78, 5) is 25.2. The summed E-state index contributed by atoms with van der Waals surface area (Å²) in [5, 5.41) is 7.74. The summed E-state index contributed by atoms with van der Waals surface area (Å²) in [5.74, 6) is 0.581. The van der Waals surface area contributed by atoms with E-state index in [-0.39, 0.29) is 17.7 Å². The van der Waals surface area contributed by atoms with Gasteiger partial charge in [0.25, 0.3) is 5.91 Å². The van der Waals surface area contributed by atoms with Crippen molar-refractivity contribution in [1.82, 2.24) is 10.6 Å². The maximum absolute atomic E-state index is 12.4. The monoisotopic (exact) mass is 336 g/mol. The van der Waals surface area contributed by atoms with Gasteiger partial charge in [-0.3, -0.25) is 9.59 Å². The minimum Gasteiger partial charge on any atom is -0.354 e. The molecule has 0 spiro atoms. The molecule has 2 rings (SSSR count). The molecule has 1 unspecified atom stereocenters. The molecule has 4 nitrogen and oxygen atoms in total. The molecule has 1 aromatic rings. The molecule has 1 aromatic heterocycles. The van der Waals surface area contributed by atoms with Crippen LogP contribution in [0.4, 0.5) is 0 Å². The van der Waals surface area contributed by atoms with E-state index in [1.165, 1.54) is 43.4 Å². The highest BCUT2D eigenvalue weighted by Gasteiger charge is 2.25. The Morgan fingerprint density at radius 2 is 2.00 bits per heavy atom. The van der Waals surface area contributed by atoms with Gasteiger partial charge in [-0.15, -0.1) is 11.3 Å². The van der Waals surface area contributed by atoms with Gasteiger partial charge in [0.1, 0.15) is 6.04 Å². The van der Waals surface area contributed by atoms with Crippen molar-refractivity contribution in [1.29, 1.82) is 0 Å². The van der Waals surface area contributed by atoms with Gasteiger partial charge in [0.2, 0.25) is 5.91 Å². The zero-order valence-corrected chi connectivity index (χ0v) is 15.0. The maximum atomic E-state index is 12.4. The van der Waals surface area contributed by atoms with Crippen LogP contribution in [0.5, 0.6) is 0 Å². The lowest BCUT2D eigenvalue weighted by atomic mass is 9.87. The normalized spacial score (nSPS) is 17.0. The average molecular weight is 337 g/mol. The lowest BCUT2D eigenvalue weighted by Crippen LogP contribution is -2.49. The smallest absolute Gasteiger partial charge is 0.262 e. The fourth-order valence-electron chi connectivity index (χ4n) is 3.14. The van der Waals surface area contributed by atoms with Gasteiger partial charge in [0.15, 0.2) is 0 Å². The van der Waals surface area contributed by atoms with Gasteiger partial charge in [0.05, 0.1) is 4.88 Å². The van der Waals surface area contributed by atoms with Crippen molar-refractivity contribution in [2.24, 2.45) is 11.8 Å². The third-order valence-electron chi connectivity index (χ3n) is 4.56. The quantitative estimate of drug-likeness (QED) is 0.799. The highest BCUT2D eigenvalue weighted by Crippen LogP contribution is 2.25. The van der Waals surface area contributed by atoms with E-state index in [9.17, 15) is 9.59 Å². The van der Waals surface area contributed by atoms with Crippen LogP contribution >= 0.6 is 11.3 Å². The minimum absolute atomic E-state index is 0.0635.